The molecule has 2 rings (SSSR count). The predicted octanol–water partition coefficient (Wildman–Crippen LogP) is 3.06. The van der Waals surface area contributed by atoms with Crippen molar-refractivity contribution in [1.29, 1.82) is 0 Å². The van der Waals surface area contributed by atoms with E-state index in [1.54, 1.807) is 0 Å². The largest absolute Gasteiger partial charge is 0.329 e. The highest BCUT2D eigenvalue weighted by molar-refractivity contribution is 5.18. The standard InChI is InChI=1S/C15H22F2N2/c16-13-7-6-12(15(17)10-13)11-19(9-8-18)14-4-2-1-3-5-14/h6-7,10,14H,1-5,8-9,11,18H2. The molecule has 0 amide bonds. The van der Waals surface area contributed by atoms with E-state index in [9.17, 15) is 8.78 Å². The molecule has 1 aliphatic carbocycles. The van der Waals surface area contributed by atoms with Crippen LogP contribution in [0.3, 0.4) is 0 Å². The molecule has 0 saturated heterocycles. The summed E-state index contributed by atoms with van der Waals surface area (Å²) in [5.41, 5.74) is 6.21. The molecule has 4 heteroatoms. The number of hydrogen-bond acceptors (Lipinski definition) is 2. The first-order chi connectivity index (χ1) is 9.20. The molecule has 0 aromatic heterocycles. The lowest BCUT2D eigenvalue weighted by Gasteiger charge is -2.34. The molecule has 0 heterocycles. The summed E-state index contributed by atoms with van der Waals surface area (Å²) in [6.07, 6.45) is 6.07. The average molecular weight is 268 g/mol. The fourth-order valence-electron chi connectivity index (χ4n) is 2.87. The summed E-state index contributed by atoms with van der Waals surface area (Å²) >= 11 is 0. The second kappa shape index (κ2) is 6.96. The maximum atomic E-state index is 13.7. The van der Waals surface area contributed by atoms with Crippen LogP contribution in [0.1, 0.15) is 37.7 Å². The van der Waals surface area contributed by atoms with Crippen LogP contribution >= 0.6 is 0 Å². The first-order valence-corrected chi connectivity index (χ1v) is 7.08. The Kier molecular flexibility index (Phi) is 5.28. The number of nitrogens with two attached hydrogens (primary N) is 1. The predicted molar refractivity (Wildman–Crippen MR) is 72.7 cm³/mol. The van der Waals surface area contributed by atoms with Gasteiger partial charge >= 0.3 is 0 Å². The molecule has 1 aromatic rings. The van der Waals surface area contributed by atoms with Gasteiger partial charge in [0, 0.05) is 37.3 Å². The van der Waals surface area contributed by atoms with Gasteiger partial charge in [0.15, 0.2) is 0 Å². The van der Waals surface area contributed by atoms with Crippen LogP contribution in [-0.2, 0) is 6.54 Å². The van der Waals surface area contributed by atoms with Gasteiger partial charge in [0.2, 0.25) is 0 Å². The number of halogens is 2. The van der Waals surface area contributed by atoms with Gasteiger partial charge in [-0.3, -0.25) is 4.90 Å². The van der Waals surface area contributed by atoms with Gasteiger partial charge in [-0.1, -0.05) is 25.3 Å². The summed E-state index contributed by atoms with van der Waals surface area (Å²) in [6, 6.07) is 4.30. The molecule has 0 spiro atoms. The van der Waals surface area contributed by atoms with E-state index in [1.165, 1.54) is 31.4 Å². The van der Waals surface area contributed by atoms with E-state index in [1.807, 2.05) is 0 Å². The minimum atomic E-state index is -0.524. The number of hydrogen-bond donors (Lipinski definition) is 1. The van der Waals surface area contributed by atoms with Crippen molar-refractivity contribution in [3.63, 3.8) is 0 Å². The van der Waals surface area contributed by atoms with Gasteiger partial charge in [-0.2, -0.15) is 0 Å². The minimum Gasteiger partial charge on any atom is -0.329 e. The van der Waals surface area contributed by atoms with Crippen molar-refractivity contribution in [2.75, 3.05) is 13.1 Å². The van der Waals surface area contributed by atoms with Crippen LogP contribution in [0.4, 0.5) is 8.78 Å². The zero-order chi connectivity index (χ0) is 13.7. The van der Waals surface area contributed by atoms with Crippen LogP contribution in [0.25, 0.3) is 0 Å². The van der Waals surface area contributed by atoms with Crippen molar-refractivity contribution in [3.8, 4) is 0 Å². The molecule has 106 valence electrons. The molecule has 1 saturated carbocycles. The lowest BCUT2D eigenvalue weighted by molar-refractivity contribution is 0.150. The molecule has 0 aliphatic heterocycles. The molecule has 0 atom stereocenters. The van der Waals surface area contributed by atoms with E-state index in [2.05, 4.69) is 4.90 Å². The van der Waals surface area contributed by atoms with Crippen molar-refractivity contribution in [1.82, 2.24) is 4.90 Å². The zero-order valence-electron chi connectivity index (χ0n) is 11.2. The van der Waals surface area contributed by atoms with E-state index in [0.29, 0.717) is 24.7 Å². The minimum absolute atomic E-state index is 0.460. The third kappa shape index (κ3) is 3.98. The third-order valence-corrected chi connectivity index (χ3v) is 3.90. The molecule has 2 N–H and O–H groups in total. The molecule has 2 nitrogen and oxygen atoms in total. The highest BCUT2D eigenvalue weighted by Crippen LogP contribution is 2.24. The Balaban J connectivity index is 2.06. The third-order valence-electron chi connectivity index (χ3n) is 3.90. The monoisotopic (exact) mass is 268 g/mol. The van der Waals surface area contributed by atoms with Crippen LogP contribution in [0.2, 0.25) is 0 Å². The van der Waals surface area contributed by atoms with E-state index in [0.717, 1.165) is 25.5 Å². The number of nitrogens with zero attached hydrogens (tertiary/aromatic N) is 1. The molecule has 0 radical (unpaired) electrons. The Labute approximate surface area is 113 Å². The zero-order valence-corrected chi connectivity index (χ0v) is 11.2. The smallest absolute Gasteiger partial charge is 0.130 e. The first-order valence-electron chi connectivity index (χ1n) is 7.08. The van der Waals surface area contributed by atoms with E-state index in [-0.39, 0.29) is 0 Å². The van der Waals surface area contributed by atoms with Crippen molar-refractivity contribution >= 4 is 0 Å². The summed E-state index contributed by atoms with van der Waals surface area (Å²) in [5.74, 6) is -0.984. The summed E-state index contributed by atoms with van der Waals surface area (Å²) in [5, 5.41) is 0. The Morgan fingerprint density at radius 3 is 2.53 bits per heavy atom. The molecular weight excluding hydrogens is 246 g/mol. The first kappa shape index (κ1) is 14.4. The summed E-state index contributed by atoms with van der Waals surface area (Å²) in [6.45, 7) is 1.86. The van der Waals surface area contributed by atoms with Crippen LogP contribution in [-0.4, -0.2) is 24.0 Å². The summed E-state index contributed by atoms with van der Waals surface area (Å²) in [4.78, 5) is 2.25. The average Bonchev–Trinajstić information content (AvgIpc) is 2.42. The van der Waals surface area contributed by atoms with Gasteiger partial charge in [-0.15, -0.1) is 0 Å². The Hall–Kier alpha value is -1.00. The van der Waals surface area contributed by atoms with E-state index < -0.39 is 11.6 Å². The van der Waals surface area contributed by atoms with Gasteiger partial charge in [0.25, 0.3) is 0 Å². The molecule has 0 bridgehead atoms. The van der Waals surface area contributed by atoms with Crippen molar-refractivity contribution in [2.45, 2.75) is 44.7 Å². The van der Waals surface area contributed by atoms with Gasteiger partial charge in [0.05, 0.1) is 0 Å². The number of benzene rings is 1. The molecule has 1 aliphatic rings. The highest BCUT2D eigenvalue weighted by atomic mass is 19.1. The van der Waals surface area contributed by atoms with Gasteiger partial charge < -0.3 is 5.73 Å². The second-order valence-corrected chi connectivity index (χ2v) is 5.29. The highest BCUT2D eigenvalue weighted by Gasteiger charge is 2.21. The summed E-state index contributed by atoms with van der Waals surface area (Å²) in [7, 11) is 0. The normalized spacial score (nSPS) is 17.1. The van der Waals surface area contributed by atoms with Crippen LogP contribution in [0, 0.1) is 11.6 Å². The van der Waals surface area contributed by atoms with Crippen LogP contribution in [0.5, 0.6) is 0 Å². The van der Waals surface area contributed by atoms with Crippen LogP contribution in [0.15, 0.2) is 18.2 Å². The number of rotatable bonds is 5. The fraction of sp³-hybridized carbons (Fsp3) is 0.600. The molecule has 19 heavy (non-hydrogen) atoms. The van der Waals surface area contributed by atoms with E-state index >= 15 is 0 Å². The van der Waals surface area contributed by atoms with Crippen LogP contribution < -0.4 is 5.73 Å². The Bertz CT molecular complexity index is 403. The van der Waals surface area contributed by atoms with Gasteiger partial charge in [-0.25, -0.2) is 8.78 Å². The summed E-state index contributed by atoms with van der Waals surface area (Å²) < 4.78 is 26.6. The van der Waals surface area contributed by atoms with Crippen molar-refractivity contribution in [2.24, 2.45) is 5.73 Å². The SMILES string of the molecule is NCCN(Cc1ccc(F)cc1F)C1CCCCC1. The second-order valence-electron chi connectivity index (χ2n) is 5.29. The van der Waals surface area contributed by atoms with Gasteiger partial charge in [-0.05, 0) is 18.9 Å². The molecule has 0 unspecified atom stereocenters. The maximum absolute atomic E-state index is 13.7. The maximum Gasteiger partial charge on any atom is 0.130 e. The van der Waals surface area contributed by atoms with Gasteiger partial charge in [0.1, 0.15) is 11.6 Å². The van der Waals surface area contributed by atoms with Crippen molar-refractivity contribution in [3.05, 3.63) is 35.4 Å². The Morgan fingerprint density at radius 1 is 1.16 bits per heavy atom. The van der Waals surface area contributed by atoms with Crippen molar-refractivity contribution < 1.29 is 8.78 Å². The Morgan fingerprint density at radius 2 is 1.89 bits per heavy atom. The lowest BCUT2D eigenvalue weighted by Crippen LogP contribution is -2.39. The molecular formula is C15H22F2N2. The fourth-order valence-corrected chi connectivity index (χ4v) is 2.87. The van der Waals surface area contributed by atoms with E-state index in [4.69, 9.17) is 5.73 Å². The topological polar surface area (TPSA) is 29.3 Å². The quantitative estimate of drug-likeness (QED) is 0.889. The lowest BCUT2D eigenvalue weighted by atomic mass is 9.94. The molecule has 1 aromatic carbocycles. The molecule has 1 fully saturated rings.